The summed E-state index contributed by atoms with van der Waals surface area (Å²) in [6, 6.07) is 0.663. The molecule has 0 amide bonds. The molecule has 0 N–H and O–H groups in total. The Morgan fingerprint density at radius 2 is 2.60 bits per heavy atom. The third-order valence-electron chi connectivity index (χ3n) is 2.22. The van der Waals surface area contributed by atoms with Crippen LogP contribution in [0.3, 0.4) is 0 Å². The second-order valence-electron chi connectivity index (χ2n) is 2.81. The van der Waals surface area contributed by atoms with Crippen LogP contribution < -0.4 is 0 Å². The highest BCUT2D eigenvalue weighted by Gasteiger charge is 2.36. The van der Waals surface area contributed by atoms with E-state index in [1.807, 2.05) is 6.08 Å². The van der Waals surface area contributed by atoms with Gasteiger partial charge in [0, 0.05) is 12.6 Å². The highest BCUT2D eigenvalue weighted by molar-refractivity contribution is 7.29. The summed E-state index contributed by atoms with van der Waals surface area (Å²) in [5, 5.41) is 0. The first-order valence-corrected chi connectivity index (χ1v) is 4.58. The van der Waals surface area contributed by atoms with E-state index in [2.05, 4.69) is 11.2 Å². The molecule has 0 radical (unpaired) electrons. The fourth-order valence-corrected chi connectivity index (χ4v) is 2.83. The third-order valence-corrected chi connectivity index (χ3v) is 3.38. The Bertz CT molecular complexity index is 151. The Morgan fingerprint density at radius 3 is 3.40 bits per heavy atom. The van der Waals surface area contributed by atoms with E-state index in [1.165, 1.54) is 19.4 Å². The van der Waals surface area contributed by atoms with Crippen molar-refractivity contribution in [3.05, 3.63) is 12.7 Å². The number of hydrogen-bond donors (Lipinski definition) is 0. The van der Waals surface area contributed by atoms with E-state index in [9.17, 15) is 0 Å². The third kappa shape index (κ3) is 0.914. The van der Waals surface area contributed by atoms with Gasteiger partial charge in [-0.05, 0) is 12.8 Å². The Hall–Kier alpha value is 0.0900. The summed E-state index contributed by atoms with van der Waals surface area (Å²) in [4.78, 5) is 0. The molecule has 3 atom stereocenters. The molecule has 0 aliphatic carbocycles. The van der Waals surface area contributed by atoms with Gasteiger partial charge in [0.05, 0.1) is 15.1 Å². The lowest BCUT2D eigenvalue weighted by Gasteiger charge is -2.12. The van der Waals surface area contributed by atoms with E-state index in [1.54, 1.807) is 0 Å². The molecule has 2 fully saturated rings. The fraction of sp³-hybridized carbons (Fsp3) is 0.714. The summed E-state index contributed by atoms with van der Waals surface area (Å²) in [6.45, 7) is 4.99. The maximum Gasteiger partial charge on any atom is 0.0968 e. The second kappa shape index (κ2) is 2.61. The van der Waals surface area contributed by atoms with Gasteiger partial charge in [0.1, 0.15) is 0 Å². The molecule has 0 aromatic rings. The molecule has 10 heavy (non-hydrogen) atoms. The van der Waals surface area contributed by atoms with Crippen LogP contribution in [0.25, 0.3) is 0 Å². The lowest BCUT2D eigenvalue weighted by atomic mass is 10.1. The Kier molecular flexibility index (Phi) is 1.77. The van der Waals surface area contributed by atoms with Crippen molar-refractivity contribution in [3.8, 4) is 0 Å². The van der Waals surface area contributed by atoms with Gasteiger partial charge in [0.25, 0.3) is 0 Å². The smallest absolute Gasteiger partial charge is 0.0968 e. The molecule has 2 aliphatic heterocycles. The quantitative estimate of drug-likeness (QED) is 0.423. The zero-order valence-corrected chi connectivity index (χ0v) is 6.92. The van der Waals surface area contributed by atoms with E-state index in [0.29, 0.717) is 21.1 Å². The lowest BCUT2D eigenvalue weighted by molar-refractivity contribution is 0.264. The highest BCUT2D eigenvalue weighted by Crippen LogP contribution is 2.41. The number of fused-ring (bicyclic) bond motifs is 1. The van der Waals surface area contributed by atoms with Crippen molar-refractivity contribution in [2.75, 3.05) is 6.54 Å². The lowest BCUT2D eigenvalue weighted by Crippen LogP contribution is -2.25. The fourth-order valence-electron chi connectivity index (χ4n) is 1.66. The van der Waals surface area contributed by atoms with Crippen LogP contribution in [0.1, 0.15) is 12.8 Å². The summed E-state index contributed by atoms with van der Waals surface area (Å²) in [7, 11) is 0.592. The average molecular weight is 157 g/mol. The van der Waals surface area contributed by atoms with Gasteiger partial charge in [-0.25, -0.2) is 0 Å². The molecule has 56 valence electrons. The van der Waals surface area contributed by atoms with E-state index < -0.39 is 0 Å². The minimum absolute atomic E-state index is 0.320. The van der Waals surface area contributed by atoms with E-state index in [-0.39, 0.29) is 0 Å². The van der Waals surface area contributed by atoms with Crippen LogP contribution in [0.2, 0.25) is 0 Å². The standard InChI is InChI=1S/C7H12NOP/c1-2-7-6-4-3-5-8(6)10-9-7/h2,6-7,10H,1,3-5H2/t6-,7+/m1/s1. The molecule has 2 aliphatic rings. The SMILES string of the molecule is C=C[C@@H]1OPN2CCC[C@H]12. The van der Waals surface area contributed by atoms with Gasteiger partial charge in [-0.3, -0.25) is 4.67 Å². The first-order valence-electron chi connectivity index (χ1n) is 3.72. The van der Waals surface area contributed by atoms with Crippen molar-refractivity contribution in [2.24, 2.45) is 0 Å². The van der Waals surface area contributed by atoms with Crippen LogP contribution >= 0.6 is 8.96 Å². The van der Waals surface area contributed by atoms with Crippen LogP contribution in [0.15, 0.2) is 12.7 Å². The van der Waals surface area contributed by atoms with Crippen LogP contribution in [0.4, 0.5) is 0 Å². The van der Waals surface area contributed by atoms with Gasteiger partial charge in [0.15, 0.2) is 0 Å². The number of hydrogen-bond acceptors (Lipinski definition) is 2. The predicted octanol–water partition coefficient (Wildman–Crippen LogP) is 1.54. The molecular formula is C7H12NOP. The van der Waals surface area contributed by atoms with Crippen LogP contribution in [0, 0.1) is 0 Å². The normalized spacial score (nSPS) is 42.4. The average Bonchev–Trinajstić information content (AvgIpc) is 2.44. The van der Waals surface area contributed by atoms with Crippen molar-refractivity contribution in [2.45, 2.75) is 25.0 Å². The van der Waals surface area contributed by atoms with Gasteiger partial charge in [-0.2, -0.15) is 0 Å². The van der Waals surface area contributed by atoms with Crippen molar-refractivity contribution in [1.82, 2.24) is 4.67 Å². The van der Waals surface area contributed by atoms with Gasteiger partial charge in [0.2, 0.25) is 0 Å². The highest BCUT2D eigenvalue weighted by atomic mass is 31.1. The minimum atomic E-state index is 0.320. The van der Waals surface area contributed by atoms with Gasteiger partial charge in [-0.1, -0.05) is 6.08 Å². The summed E-state index contributed by atoms with van der Waals surface area (Å²) < 4.78 is 7.93. The summed E-state index contributed by atoms with van der Waals surface area (Å²) in [6.07, 6.45) is 4.89. The summed E-state index contributed by atoms with van der Waals surface area (Å²) in [5.41, 5.74) is 0. The second-order valence-corrected chi connectivity index (χ2v) is 3.81. The molecule has 1 unspecified atom stereocenters. The van der Waals surface area contributed by atoms with Gasteiger partial charge < -0.3 is 4.52 Å². The predicted molar refractivity (Wildman–Crippen MR) is 43.1 cm³/mol. The molecule has 0 aromatic heterocycles. The topological polar surface area (TPSA) is 12.5 Å². The van der Waals surface area contributed by atoms with Crippen molar-refractivity contribution >= 4 is 8.96 Å². The van der Waals surface area contributed by atoms with Crippen molar-refractivity contribution < 1.29 is 4.52 Å². The van der Waals surface area contributed by atoms with E-state index >= 15 is 0 Å². The van der Waals surface area contributed by atoms with Crippen LogP contribution in [0.5, 0.6) is 0 Å². The van der Waals surface area contributed by atoms with Crippen LogP contribution in [-0.2, 0) is 4.52 Å². The Balaban J connectivity index is 2.07. The maximum absolute atomic E-state index is 5.50. The van der Waals surface area contributed by atoms with Crippen molar-refractivity contribution in [3.63, 3.8) is 0 Å². The van der Waals surface area contributed by atoms with Crippen molar-refractivity contribution in [1.29, 1.82) is 0 Å². The maximum atomic E-state index is 5.50. The minimum Gasteiger partial charge on any atom is -0.337 e. The van der Waals surface area contributed by atoms with E-state index in [4.69, 9.17) is 4.52 Å². The van der Waals surface area contributed by atoms with Crippen LogP contribution in [-0.4, -0.2) is 23.4 Å². The molecule has 3 heteroatoms. The molecule has 2 nitrogen and oxygen atoms in total. The largest absolute Gasteiger partial charge is 0.337 e. The molecular weight excluding hydrogens is 145 g/mol. The molecule has 0 spiro atoms. The zero-order valence-electron chi connectivity index (χ0n) is 5.92. The molecule has 2 heterocycles. The first kappa shape index (κ1) is 6.78. The molecule has 2 saturated heterocycles. The summed E-state index contributed by atoms with van der Waals surface area (Å²) in [5.74, 6) is 0. The molecule has 0 saturated carbocycles. The van der Waals surface area contributed by atoms with E-state index in [0.717, 1.165) is 0 Å². The number of rotatable bonds is 1. The Labute approximate surface area is 63.2 Å². The molecule has 0 bridgehead atoms. The van der Waals surface area contributed by atoms with Gasteiger partial charge >= 0.3 is 0 Å². The van der Waals surface area contributed by atoms with Gasteiger partial charge in [-0.15, -0.1) is 6.58 Å². The first-order chi connectivity index (χ1) is 4.92. The zero-order chi connectivity index (χ0) is 6.97. The number of nitrogens with zero attached hydrogens (tertiary/aromatic N) is 1. The molecule has 2 rings (SSSR count). The monoisotopic (exact) mass is 157 g/mol. The Morgan fingerprint density at radius 1 is 1.70 bits per heavy atom. The molecule has 0 aromatic carbocycles. The summed E-state index contributed by atoms with van der Waals surface area (Å²) >= 11 is 0.